The van der Waals surface area contributed by atoms with Crippen molar-refractivity contribution in [1.82, 2.24) is 0 Å². The third-order valence-corrected chi connectivity index (χ3v) is 6.08. The lowest BCUT2D eigenvalue weighted by Gasteiger charge is -2.19. The zero-order valence-corrected chi connectivity index (χ0v) is 13.1. The summed E-state index contributed by atoms with van der Waals surface area (Å²) in [6, 6.07) is 30.8. The van der Waals surface area contributed by atoms with Crippen molar-refractivity contribution in [3.8, 4) is 0 Å². The molecule has 3 aromatic carbocycles. The van der Waals surface area contributed by atoms with Crippen LogP contribution in [0.3, 0.4) is 0 Å². The number of aryl methyl sites for hydroxylation is 1. The molecular formula is C20H19P. The van der Waals surface area contributed by atoms with E-state index in [1.807, 2.05) is 0 Å². The summed E-state index contributed by atoms with van der Waals surface area (Å²) < 4.78 is 0. The zero-order valence-electron chi connectivity index (χ0n) is 12.2. The first kappa shape index (κ1) is 14.0. The number of hydrogen-bond acceptors (Lipinski definition) is 0. The van der Waals surface area contributed by atoms with E-state index < -0.39 is 7.92 Å². The number of benzene rings is 3. The van der Waals surface area contributed by atoms with Gasteiger partial charge in [-0.3, -0.25) is 0 Å². The quantitative estimate of drug-likeness (QED) is 0.637. The molecule has 0 aliphatic heterocycles. The second-order valence-electron chi connectivity index (χ2n) is 5.03. The molecule has 0 unspecified atom stereocenters. The van der Waals surface area contributed by atoms with Crippen LogP contribution in [0.15, 0.2) is 84.9 Å². The van der Waals surface area contributed by atoms with Crippen molar-refractivity contribution in [1.29, 1.82) is 0 Å². The standard InChI is InChI=1S/C20H19P/c1-2-17-13-15-20(16-14-17)21(18-9-5-3-6-10-18)19-11-7-4-8-12-19/h3-16H,2H2,1H3. The average molecular weight is 290 g/mol. The van der Waals surface area contributed by atoms with Gasteiger partial charge in [-0.25, -0.2) is 0 Å². The van der Waals surface area contributed by atoms with E-state index in [0.29, 0.717) is 0 Å². The summed E-state index contributed by atoms with van der Waals surface area (Å²) in [7, 11) is -0.463. The number of rotatable bonds is 4. The maximum Gasteiger partial charge on any atom is -0.0134 e. The Hall–Kier alpha value is -1.91. The Morgan fingerprint density at radius 3 is 1.43 bits per heavy atom. The Morgan fingerprint density at radius 1 is 0.571 bits per heavy atom. The fraction of sp³-hybridized carbons (Fsp3) is 0.100. The predicted molar refractivity (Wildman–Crippen MR) is 94.5 cm³/mol. The molecule has 0 heterocycles. The maximum atomic E-state index is 2.30. The van der Waals surface area contributed by atoms with E-state index in [9.17, 15) is 0 Å². The van der Waals surface area contributed by atoms with Gasteiger partial charge in [0.1, 0.15) is 0 Å². The Balaban J connectivity index is 2.07. The van der Waals surface area contributed by atoms with Gasteiger partial charge in [0.15, 0.2) is 0 Å². The van der Waals surface area contributed by atoms with E-state index in [1.54, 1.807) is 0 Å². The Kier molecular flexibility index (Phi) is 4.48. The smallest absolute Gasteiger partial charge is 0.0134 e. The van der Waals surface area contributed by atoms with Gasteiger partial charge in [0, 0.05) is 0 Å². The molecule has 0 N–H and O–H groups in total. The zero-order chi connectivity index (χ0) is 14.5. The molecule has 3 aromatic rings. The molecule has 21 heavy (non-hydrogen) atoms. The summed E-state index contributed by atoms with van der Waals surface area (Å²) in [4.78, 5) is 0. The Labute approximate surface area is 128 Å². The van der Waals surface area contributed by atoms with Gasteiger partial charge in [-0.1, -0.05) is 91.9 Å². The molecule has 104 valence electrons. The minimum absolute atomic E-state index is 0.463. The van der Waals surface area contributed by atoms with Crippen LogP contribution in [0.5, 0.6) is 0 Å². The summed E-state index contributed by atoms with van der Waals surface area (Å²) >= 11 is 0. The summed E-state index contributed by atoms with van der Waals surface area (Å²) in [6.45, 7) is 2.20. The van der Waals surface area contributed by atoms with E-state index in [0.717, 1.165) is 6.42 Å². The minimum atomic E-state index is -0.463. The lowest BCUT2D eigenvalue weighted by molar-refractivity contribution is 1.14. The van der Waals surface area contributed by atoms with E-state index in [1.165, 1.54) is 21.5 Å². The van der Waals surface area contributed by atoms with Gasteiger partial charge in [0.05, 0.1) is 0 Å². The molecule has 0 saturated carbocycles. The summed E-state index contributed by atoms with van der Waals surface area (Å²) in [5.74, 6) is 0. The fourth-order valence-electron chi connectivity index (χ4n) is 2.48. The molecule has 0 aromatic heterocycles. The van der Waals surface area contributed by atoms with Crippen molar-refractivity contribution < 1.29 is 0 Å². The minimum Gasteiger partial charge on any atom is -0.0622 e. The first-order valence-electron chi connectivity index (χ1n) is 7.37. The Morgan fingerprint density at radius 2 is 1.00 bits per heavy atom. The van der Waals surface area contributed by atoms with Gasteiger partial charge in [-0.05, 0) is 35.8 Å². The van der Waals surface area contributed by atoms with Gasteiger partial charge >= 0.3 is 0 Å². The van der Waals surface area contributed by atoms with Crippen molar-refractivity contribution in [3.63, 3.8) is 0 Å². The highest BCUT2D eigenvalue weighted by Crippen LogP contribution is 2.32. The molecule has 3 rings (SSSR count). The summed E-state index contributed by atoms with van der Waals surface area (Å²) in [5, 5.41) is 4.23. The molecule has 0 saturated heterocycles. The van der Waals surface area contributed by atoms with Crippen LogP contribution in [0.25, 0.3) is 0 Å². The molecule has 1 heteroatoms. The number of hydrogen-bond donors (Lipinski definition) is 0. The summed E-state index contributed by atoms with van der Waals surface area (Å²) in [6.07, 6.45) is 1.09. The highest BCUT2D eigenvalue weighted by molar-refractivity contribution is 7.79. The van der Waals surface area contributed by atoms with E-state index >= 15 is 0 Å². The molecule has 0 aliphatic rings. The average Bonchev–Trinajstić information content (AvgIpc) is 2.58. The molecule has 0 fully saturated rings. The van der Waals surface area contributed by atoms with Crippen LogP contribution in [0.2, 0.25) is 0 Å². The molecule has 0 nitrogen and oxygen atoms in total. The van der Waals surface area contributed by atoms with Crippen LogP contribution in [-0.4, -0.2) is 0 Å². The van der Waals surface area contributed by atoms with E-state index in [-0.39, 0.29) is 0 Å². The molecule has 0 bridgehead atoms. The lowest BCUT2D eigenvalue weighted by Crippen LogP contribution is -2.20. The van der Waals surface area contributed by atoms with Crippen molar-refractivity contribution in [2.24, 2.45) is 0 Å². The van der Waals surface area contributed by atoms with Crippen molar-refractivity contribution in [2.45, 2.75) is 13.3 Å². The second-order valence-corrected chi connectivity index (χ2v) is 7.25. The van der Waals surface area contributed by atoms with Crippen LogP contribution in [0, 0.1) is 0 Å². The van der Waals surface area contributed by atoms with Gasteiger partial charge in [-0.15, -0.1) is 0 Å². The van der Waals surface area contributed by atoms with Crippen LogP contribution in [-0.2, 0) is 6.42 Å². The van der Waals surface area contributed by atoms with Crippen molar-refractivity contribution in [2.75, 3.05) is 0 Å². The van der Waals surface area contributed by atoms with Crippen LogP contribution >= 0.6 is 7.92 Å². The predicted octanol–water partition coefficient (Wildman–Crippen LogP) is 4.01. The lowest BCUT2D eigenvalue weighted by atomic mass is 10.2. The second kappa shape index (κ2) is 6.70. The Bertz CT molecular complexity index is 633. The molecule has 0 radical (unpaired) electrons. The molecular weight excluding hydrogens is 271 g/mol. The topological polar surface area (TPSA) is 0 Å². The van der Waals surface area contributed by atoms with Crippen LogP contribution in [0.4, 0.5) is 0 Å². The molecule has 0 atom stereocenters. The first-order valence-corrected chi connectivity index (χ1v) is 8.72. The molecule has 0 amide bonds. The van der Waals surface area contributed by atoms with Gasteiger partial charge < -0.3 is 0 Å². The first-order chi connectivity index (χ1) is 10.4. The van der Waals surface area contributed by atoms with Crippen LogP contribution in [0.1, 0.15) is 12.5 Å². The third-order valence-electron chi connectivity index (χ3n) is 3.63. The maximum absolute atomic E-state index is 2.30. The highest BCUT2D eigenvalue weighted by atomic mass is 31.1. The highest BCUT2D eigenvalue weighted by Gasteiger charge is 2.15. The van der Waals surface area contributed by atoms with Gasteiger partial charge in [0.2, 0.25) is 0 Å². The normalized spacial score (nSPS) is 10.8. The van der Waals surface area contributed by atoms with Gasteiger partial charge in [0.25, 0.3) is 0 Å². The monoisotopic (exact) mass is 290 g/mol. The van der Waals surface area contributed by atoms with Crippen molar-refractivity contribution in [3.05, 3.63) is 90.5 Å². The SMILES string of the molecule is CCc1ccc(P(c2ccccc2)c2ccccc2)cc1. The molecule has 0 spiro atoms. The molecule has 0 aliphatic carbocycles. The van der Waals surface area contributed by atoms with Crippen molar-refractivity contribution >= 4 is 23.8 Å². The van der Waals surface area contributed by atoms with Gasteiger partial charge in [-0.2, -0.15) is 0 Å². The van der Waals surface area contributed by atoms with Crippen LogP contribution < -0.4 is 15.9 Å². The largest absolute Gasteiger partial charge is 0.0622 e. The third kappa shape index (κ3) is 3.23. The van der Waals surface area contributed by atoms with E-state index in [2.05, 4.69) is 91.9 Å². The fourth-order valence-corrected chi connectivity index (χ4v) is 4.76. The van der Waals surface area contributed by atoms with E-state index in [4.69, 9.17) is 0 Å². The summed E-state index contributed by atoms with van der Waals surface area (Å²) in [5.41, 5.74) is 1.40.